The van der Waals surface area contributed by atoms with E-state index in [-0.39, 0.29) is 24.1 Å². The predicted molar refractivity (Wildman–Crippen MR) is 203 cm³/mol. The Labute approximate surface area is 288 Å². The SMILES string of the molecule is CCCCCCCC/C=C\CCCCCCCC(=O)CC(CN(C)C)C(=O)CCCCCCC/C=C\CCCCCCCC.Cl. The van der Waals surface area contributed by atoms with Crippen molar-refractivity contribution < 1.29 is 9.59 Å². The number of allylic oxidation sites excluding steroid dienone is 4. The first kappa shape index (κ1) is 46.2. The number of carbonyl (C=O) groups is 2. The summed E-state index contributed by atoms with van der Waals surface area (Å²) in [6, 6.07) is 0. The lowest BCUT2D eigenvalue weighted by Gasteiger charge is -2.19. The lowest BCUT2D eigenvalue weighted by molar-refractivity contribution is -0.128. The van der Waals surface area contributed by atoms with Crippen molar-refractivity contribution in [1.82, 2.24) is 4.90 Å². The number of nitrogens with zero attached hydrogens (tertiary/aromatic N) is 1. The van der Waals surface area contributed by atoms with Gasteiger partial charge in [-0.15, -0.1) is 12.4 Å². The number of ketones is 2. The van der Waals surface area contributed by atoms with Crippen LogP contribution in [-0.2, 0) is 9.59 Å². The highest BCUT2D eigenvalue weighted by Gasteiger charge is 2.21. The third kappa shape index (κ3) is 35.8. The minimum atomic E-state index is -0.127. The summed E-state index contributed by atoms with van der Waals surface area (Å²) in [4.78, 5) is 27.7. The third-order valence-corrected chi connectivity index (χ3v) is 8.92. The first-order valence-electron chi connectivity index (χ1n) is 19.5. The monoisotopic (exact) mass is 652 g/mol. The molecule has 1 unspecified atom stereocenters. The molecule has 0 radical (unpaired) electrons. The predicted octanol–water partition coefficient (Wildman–Crippen LogP) is 13.2. The van der Waals surface area contributed by atoms with Gasteiger partial charge in [-0.3, -0.25) is 9.59 Å². The van der Waals surface area contributed by atoms with Crippen LogP contribution in [0.5, 0.6) is 0 Å². The van der Waals surface area contributed by atoms with Crippen molar-refractivity contribution in [3.63, 3.8) is 0 Å². The van der Waals surface area contributed by atoms with Gasteiger partial charge in [-0.2, -0.15) is 0 Å². The molecule has 0 heterocycles. The Morgan fingerprint density at radius 1 is 0.489 bits per heavy atom. The molecule has 0 aromatic carbocycles. The molecule has 266 valence electrons. The van der Waals surface area contributed by atoms with E-state index in [0.29, 0.717) is 31.6 Å². The van der Waals surface area contributed by atoms with E-state index >= 15 is 0 Å². The highest BCUT2D eigenvalue weighted by molar-refractivity contribution is 5.88. The van der Waals surface area contributed by atoms with Crippen molar-refractivity contribution >= 4 is 24.0 Å². The van der Waals surface area contributed by atoms with Crippen molar-refractivity contribution in [2.24, 2.45) is 5.92 Å². The van der Waals surface area contributed by atoms with Crippen LogP contribution in [0.3, 0.4) is 0 Å². The molecule has 45 heavy (non-hydrogen) atoms. The number of rotatable bonds is 35. The maximum Gasteiger partial charge on any atom is 0.137 e. The standard InChI is InChI=1S/C41H77NO2.ClH/c1-5-7-9-11-13-15-17-19-21-23-25-27-29-31-33-35-40(43)37-39(38-42(3)4)41(44)36-34-32-30-28-26-24-22-20-18-16-14-12-10-8-6-2;/h19-22,39H,5-18,23-38H2,1-4H3;1H/b21-19-,22-20-;. The van der Waals surface area contributed by atoms with Gasteiger partial charge in [0.2, 0.25) is 0 Å². The number of carbonyl (C=O) groups excluding carboxylic acids is 2. The van der Waals surface area contributed by atoms with Crippen LogP contribution >= 0.6 is 12.4 Å². The van der Waals surface area contributed by atoms with Crippen molar-refractivity contribution in [3.8, 4) is 0 Å². The quantitative estimate of drug-likeness (QED) is 0.0505. The molecule has 0 rings (SSSR count). The lowest BCUT2D eigenvalue weighted by atomic mass is 9.91. The maximum atomic E-state index is 13.0. The summed E-state index contributed by atoms with van der Waals surface area (Å²) in [6.45, 7) is 5.24. The minimum absolute atomic E-state index is 0. The Hall–Kier alpha value is -0.930. The van der Waals surface area contributed by atoms with E-state index in [0.717, 1.165) is 25.7 Å². The summed E-state index contributed by atoms with van der Waals surface area (Å²) in [7, 11) is 4.02. The normalized spacial score (nSPS) is 12.4. The number of hydrogen-bond donors (Lipinski definition) is 0. The zero-order valence-corrected chi connectivity index (χ0v) is 31.6. The summed E-state index contributed by atoms with van der Waals surface area (Å²) < 4.78 is 0. The summed E-state index contributed by atoms with van der Waals surface area (Å²) in [5.74, 6) is 0.457. The Bertz CT molecular complexity index is 687. The fraction of sp³-hybridized carbons (Fsp3) is 0.854. The smallest absolute Gasteiger partial charge is 0.137 e. The lowest BCUT2D eigenvalue weighted by Crippen LogP contribution is -2.29. The molecular formula is C41H78ClNO2. The average Bonchev–Trinajstić information content (AvgIpc) is 3.00. The Kier molecular flexibility index (Phi) is 38.5. The van der Waals surface area contributed by atoms with Crippen molar-refractivity contribution in [1.29, 1.82) is 0 Å². The van der Waals surface area contributed by atoms with E-state index in [1.165, 1.54) is 141 Å². The Balaban J connectivity index is 0. The van der Waals surface area contributed by atoms with Crippen LogP contribution in [0.25, 0.3) is 0 Å². The van der Waals surface area contributed by atoms with Gasteiger partial charge in [0.1, 0.15) is 11.6 Å². The van der Waals surface area contributed by atoms with E-state index in [1.807, 2.05) is 14.1 Å². The zero-order chi connectivity index (χ0) is 32.4. The Morgan fingerprint density at radius 2 is 0.822 bits per heavy atom. The molecule has 0 aliphatic heterocycles. The van der Waals surface area contributed by atoms with Crippen LogP contribution in [0, 0.1) is 5.92 Å². The van der Waals surface area contributed by atoms with Gasteiger partial charge >= 0.3 is 0 Å². The molecule has 3 nitrogen and oxygen atoms in total. The van der Waals surface area contributed by atoms with E-state index in [1.54, 1.807) is 0 Å². The van der Waals surface area contributed by atoms with Gasteiger partial charge in [-0.1, -0.05) is 141 Å². The second kappa shape index (κ2) is 37.5. The molecule has 0 aromatic rings. The summed E-state index contributed by atoms with van der Waals surface area (Å²) >= 11 is 0. The first-order valence-corrected chi connectivity index (χ1v) is 19.5. The fourth-order valence-electron chi connectivity index (χ4n) is 6.06. The second-order valence-corrected chi connectivity index (χ2v) is 13.8. The maximum absolute atomic E-state index is 13.0. The van der Waals surface area contributed by atoms with E-state index in [9.17, 15) is 9.59 Å². The molecule has 0 spiro atoms. The van der Waals surface area contributed by atoms with Crippen molar-refractivity contribution in [2.75, 3.05) is 20.6 Å². The van der Waals surface area contributed by atoms with Gasteiger partial charge in [0, 0.05) is 31.7 Å². The van der Waals surface area contributed by atoms with Crippen LogP contribution in [0.15, 0.2) is 24.3 Å². The number of halogens is 1. The highest BCUT2D eigenvalue weighted by Crippen LogP contribution is 2.17. The number of hydrogen-bond acceptors (Lipinski definition) is 3. The fourth-order valence-corrected chi connectivity index (χ4v) is 6.06. The van der Waals surface area contributed by atoms with Gasteiger partial charge in [-0.05, 0) is 78.3 Å². The number of Topliss-reactive ketones (excluding diaryl/α,β-unsaturated/α-hetero) is 2. The topological polar surface area (TPSA) is 37.4 Å². The third-order valence-electron chi connectivity index (χ3n) is 8.92. The second-order valence-electron chi connectivity index (χ2n) is 13.8. The first-order chi connectivity index (χ1) is 21.5. The van der Waals surface area contributed by atoms with E-state index in [4.69, 9.17) is 0 Å². The molecular weight excluding hydrogens is 574 g/mol. The van der Waals surface area contributed by atoms with Crippen molar-refractivity contribution in [3.05, 3.63) is 24.3 Å². The van der Waals surface area contributed by atoms with Gasteiger partial charge in [0.25, 0.3) is 0 Å². The van der Waals surface area contributed by atoms with E-state index in [2.05, 4.69) is 43.1 Å². The average molecular weight is 653 g/mol. The van der Waals surface area contributed by atoms with Gasteiger partial charge in [-0.25, -0.2) is 0 Å². The largest absolute Gasteiger partial charge is 0.309 e. The molecule has 0 aromatic heterocycles. The van der Waals surface area contributed by atoms with Crippen LogP contribution in [0.1, 0.15) is 200 Å². The van der Waals surface area contributed by atoms with Gasteiger partial charge in [0.15, 0.2) is 0 Å². The summed E-state index contributed by atoms with van der Waals surface area (Å²) in [5, 5.41) is 0. The van der Waals surface area contributed by atoms with Crippen LogP contribution < -0.4 is 0 Å². The zero-order valence-electron chi connectivity index (χ0n) is 30.8. The molecule has 0 aliphatic rings. The van der Waals surface area contributed by atoms with Gasteiger partial charge < -0.3 is 4.90 Å². The molecule has 0 saturated heterocycles. The molecule has 0 saturated carbocycles. The molecule has 0 aliphatic carbocycles. The molecule has 0 N–H and O–H groups in total. The molecule has 0 amide bonds. The van der Waals surface area contributed by atoms with Crippen LogP contribution in [0.4, 0.5) is 0 Å². The summed E-state index contributed by atoms with van der Waals surface area (Å²) in [5.41, 5.74) is 0. The molecule has 1 atom stereocenters. The van der Waals surface area contributed by atoms with E-state index < -0.39 is 0 Å². The molecule has 4 heteroatoms. The van der Waals surface area contributed by atoms with Gasteiger partial charge in [0.05, 0.1) is 0 Å². The minimum Gasteiger partial charge on any atom is -0.309 e. The molecule has 0 bridgehead atoms. The van der Waals surface area contributed by atoms with Crippen LogP contribution in [-0.4, -0.2) is 37.1 Å². The summed E-state index contributed by atoms with van der Waals surface area (Å²) in [6.07, 6.45) is 44.2. The highest BCUT2D eigenvalue weighted by atomic mass is 35.5. The Morgan fingerprint density at radius 3 is 1.20 bits per heavy atom. The number of unbranched alkanes of at least 4 members (excludes halogenated alkanes) is 22. The van der Waals surface area contributed by atoms with Crippen LogP contribution in [0.2, 0.25) is 0 Å². The molecule has 0 fully saturated rings. The van der Waals surface area contributed by atoms with Crippen molar-refractivity contribution in [2.45, 2.75) is 200 Å².